The van der Waals surface area contributed by atoms with Gasteiger partial charge in [0.15, 0.2) is 5.89 Å². The summed E-state index contributed by atoms with van der Waals surface area (Å²) in [5.41, 5.74) is 0.503. The van der Waals surface area contributed by atoms with Crippen molar-refractivity contribution in [3.63, 3.8) is 0 Å². The van der Waals surface area contributed by atoms with Crippen LogP contribution in [0.15, 0.2) is 4.42 Å². The average molecular weight is 240 g/mol. The molecule has 1 heterocycles. The summed E-state index contributed by atoms with van der Waals surface area (Å²) < 4.78 is 5.13. The number of nitrogens with one attached hydrogen (secondary N) is 1. The molecule has 1 atom stereocenters. The Kier molecular flexibility index (Phi) is 4.25. The van der Waals surface area contributed by atoms with Gasteiger partial charge < -0.3 is 14.8 Å². The van der Waals surface area contributed by atoms with E-state index in [-0.39, 0.29) is 12.3 Å². The van der Waals surface area contributed by atoms with E-state index in [2.05, 4.69) is 10.3 Å². The van der Waals surface area contributed by atoms with E-state index in [1.165, 1.54) is 0 Å². The Morgan fingerprint density at radius 1 is 1.47 bits per heavy atom. The van der Waals surface area contributed by atoms with Crippen molar-refractivity contribution >= 4 is 11.9 Å². The average Bonchev–Trinajstić information content (AvgIpc) is 2.58. The number of carboxylic acids is 1. The van der Waals surface area contributed by atoms with Crippen LogP contribution >= 0.6 is 0 Å². The lowest BCUT2D eigenvalue weighted by molar-refractivity contribution is -0.141. The summed E-state index contributed by atoms with van der Waals surface area (Å²) in [5, 5.41) is 11.4. The highest BCUT2D eigenvalue weighted by molar-refractivity contribution is 5.92. The number of rotatable bonds is 5. The number of carboxylic acid groups (broad SMARTS) is 1. The highest BCUT2D eigenvalue weighted by atomic mass is 16.4. The Hall–Kier alpha value is -1.85. The molecule has 0 saturated heterocycles. The molecular weight excluding hydrogens is 224 g/mol. The van der Waals surface area contributed by atoms with E-state index in [1.54, 1.807) is 20.8 Å². The Balaban J connectivity index is 2.61. The smallest absolute Gasteiger partial charge is 0.308 e. The molecule has 0 aliphatic heterocycles. The molecule has 1 aromatic heterocycles. The first-order valence-electron chi connectivity index (χ1n) is 5.40. The topological polar surface area (TPSA) is 92.4 Å². The lowest BCUT2D eigenvalue weighted by Crippen LogP contribution is -2.32. The largest absolute Gasteiger partial charge is 0.481 e. The summed E-state index contributed by atoms with van der Waals surface area (Å²) in [6.45, 7) is 5.16. The minimum atomic E-state index is -0.918. The maximum Gasteiger partial charge on any atom is 0.308 e. The molecule has 17 heavy (non-hydrogen) atoms. The van der Waals surface area contributed by atoms with Crippen molar-refractivity contribution in [3.05, 3.63) is 17.3 Å². The van der Waals surface area contributed by atoms with Crippen molar-refractivity contribution in [1.82, 2.24) is 10.3 Å². The van der Waals surface area contributed by atoms with E-state index in [0.29, 0.717) is 18.0 Å². The first-order chi connectivity index (χ1) is 7.95. The van der Waals surface area contributed by atoms with Crippen molar-refractivity contribution < 1.29 is 19.1 Å². The van der Waals surface area contributed by atoms with E-state index in [0.717, 1.165) is 0 Å². The fourth-order valence-corrected chi connectivity index (χ4v) is 1.44. The minimum Gasteiger partial charge on any atom is -0.481 e. The number of aryl methyl sites for hydroxylation is 2. The quantitative estimate of drug-likeness (QED) is 0.804. The summed E-state index contributed by atoms with van der Waals surface area (Å²) in [7, 11) is 0. The van der Waals surface area contributed by atoms with Gasteiger partial charge in [0.1, 0.15) is 0 Å². The van der Waals surface area contributed by atoms with Crippen molar-refractivity contribution in [1.29, 1.82) is 0 Å². The van der Waals surface area contributed by atoms with Crippen molar-refractivity contribution in [3.8, 4) is 0 Å². The fourth-order valence-electron chi connectivity index (χ4n) is 1.44. The van der Waals surface area contributed by atoms with E-state index in [4.69, 9.17) is 9.52 Å². The summed E-state index contributed by atoms with van der Waals surface area (Å²) in [5.74, 6) is -1.37. The van der Waals surface area contributed by atoms with Gasteiger partial charge in [0.2, 0.25) is 5.76 Å². The van der Waals surface area contributed by atoms with Crippen molar-refractivity contribution in [2.75, 3.05) is 6.54 Å². The van der Waals surface area contributed by atoms with Crippen molar-refractivity contribution in [2.45, 2.75) is 27.2 Å². The molecule has 0 aliphatic rings. The van der Waals surface area contributed by atoms with Crippen LogP contribution in [0.2, 0.25) is 0 Å². The summed E-state index contributed by atoms with van der Waals surface area (Å²) in [6, 6.07) is 0. The number of carbonyl (C=O) groups is 2. The zero-order chi connectivity index (χ0) is 13.0. The summed E-state index contributed by atoms with van der Waals surface area (Å²) in [4.78, 5) is 26.4. The standard InChI is InChI=1S/C11H16N2O4/c1-4-8(11(15)16)5-12-10(14)9-6(2)13-7(3)17-9/h8H,4-5H2,1-3H3,(H,12,14)(H,15,16). The Morgan fingerprint density at radius 2 is 2.12 bits per heavy atom. The molecule has 0 saturated carbocycles. The normalized spacial score (nSPS) is 12.2. The van der Waals surface area contributed by atoms with Gasteiger partial charge in [-0.25, -0.2) is 4.98 Å². The second-order valence-electron chi connectivity index (χ2n) is 3.80. The highest BCUT2D eigenvalue weighted by Gasteiger charge is 2.19. The summed E-state index contributed by atoms with van der Waals surface area (Å²) >= 11 is 0. The highest BCUT2D eigenvalue weighted by Crippen LogP contribution is 2.09. The van der Waals surface area contributed by atoms with Crippen LogP contribution in [0.1, 0.15) is 35.5 Å². The molecular formula is C11H16N2O4. The van der Waals surface area contributed by atoms with Crippen LogP contribution in [-0.2, 0) is 4.79 Å². The molecule has 1 rings (SSSR count). The molecule has 94 valence electrons. The Morgan fingerprint density at radius 3 is 2.53 bits per heavy atom. The van der Waals surface area contributed by atoms with Gasteiger partial charge in [-0.15, -0.1) is 0 Å². The monoisotopic (exact) mass is 240 g/mol. The number of hydrogen-bond acceptors (Lipinski definition) is 4. The predicted octanol–water partition coefficient (Wildman–Crippen LogP) is 1.13. The van der Waals surface area contributed by atoms with Crippen LogP contribution in [0.5, 0.6) is 0 Å². The van der Waals surface area contributed by atoms with Crippen molar-refractivity contribution in [2.24, 2.45) is 5.92 Å². The van der Waals surface area contributed by atoms with E-state index < -0.39 is 17.8 Å². The van der Waals surface area contributed by atoms with Gasteiger partial charge in [-0.3, -0.25) is 9.59 Å². The van der Waals surface area contributed by atoms with E-state index >= 15 is 0 Å². The van der Waals surface area contributed by atoms with Gasteiger partial charge in [0.05, 0.1) is 11.6 Å². The first-order valence-corrected chi connectivity index (χ1v) is 5.40. The third-order valence-corrected chi connectivity index (χ3v) is 2.46. The SMILES string of the molecule is CCC(CNC(=O)c1oc(C)nc1C)C(=O)O. The number of aliphatic carboxylic acids is 1. The molecule has 1 unspecified atom stereocenters. The number of carbonyl (C=O) groups excluding carboxylic acids is 1. The molecule has 1 aromatic rings. The van der Waals surface area contributed by atoms with E-state index in [1.807, 2.05) is 0 Å². The maximum atomic E-state index is 11.7. The van der Waals surface area contributed by atoms with Gasteiger partial charge in [-0.2, -0.15) is 0 Å². The lowest BCUT2D eigenvalue weighted by Gasteiger charge is -2.09. The van der Waals surface area contributed by atoms with Gasteiger partial charge >= 0.3 is 5.97 Å². The zero-order valence-corrected chi connectivity index (χ0v) is 10.1. The zero-order valence-electron chi connectivity index (χ0n) is 10.1. The molecule has 0 radical (unpaired) electrons. The van der Waals surface area contributed by atoms with Gasteiger partial charge in [-0.05, 0) is 13.3 Å². The number of nitrogens with zero attached hydrogens (tertiary/aromatic N) is 1. The maximum absolute atomic E-state index is 11.7. The third kappa shape index (κ3) is 3.30. The molecule has 6 nitrogen and oxygen atoms in total. The lowest BCUT2D eigenvalue weighted by atomic mass is 10.1. The molecule has 0 aromatic carbocycles. The van der Waals surface area contributed by atoms with Gasteiger partial charge in [0, 0.05) is 13.5 Å². The minimum absolute atomic E-state index is 0.0872. The Bertz CT molecular complexity index is 425. The molecule has 0 fully saturated rings. The summed E-state index contributed by atoms with van der Waals surface area (Å²) in [6.07, 6.45) is 0.462. The number of amides is 1. The predicted molar refractivity (Wildman–Crippen MR) is 59.7 cm³/mol. The van der Waals surface area contributed by atoms with Crippen LogP contribution in [0.3, 0.4) is 0 Å². The first kappa shape index (κ1) is 13.2. The van der Waals surface area contributed by atoms with Crippen LogP contribution in [-0.4, -0.2) is 28.5 Å². The van der Waals surface area contributed by atoms with Crippen LogP contribution in [0.4, 0.5) is 0 Å². The van der Waals surface area contributed by atoms with Crippen LogP contribution < -0.4 is 5.32 Å². The molecule has 0 bridgehead atoms. The van der Waals surface area contributed by atoms with Gasteiger partial charge in [0.25, 0.3) is 5.91 Å². The van der Waals surface area contributed by atoms with Gasteiger partial charge in [-0.1, -0.05) is 6.92 Å². The number of hydrogen-bond donors (Lipinski definition) is 2. The second-order valence-corrected chi connectivity index (χ2v) is 3.80. The number of oxazole rings is 1. The molecule has 6 heteroatoms. The molecule has 0 aliphatic carbocycles. The Labute approximate surface area is 99.0 Å². The molecule has 2 N–H and O–H groups in total. The van der Waals surface area contributed by atoms with Crippen LogP contribution in [0, 0.1) is 19.8 Å². The van der Waals surface area contributed by atoms with E-state index in [9.17, 15) is 9.59 Å². The fraction of sp³-hybridized carbons (Fsp3) is 0.545. The van der Waals surface area contributed by atoms with Crippen LogP contribution in [0.25, 0.3) is 0 Å². The second kappa shape index (κ2) is 5.47. The number of aromatic nitrogens is 1. The molecule has 0 spiro atoms. The molecule has 1 amide bonds. The third-order valence-electron chi connectivity index (χ3n) is 2.46.